The second kappa shape index (κ2) is 10.0. The van der Waals surface area contributed by atoms with Gasteiger partial charge in [-0.2, -0.15) is 0 Å². The maximum Gasteiger partial charge on any atom is 0.140 e. The Morgan fingerprint density at radius 3 is 2.39 bits per heavy atom. The summed E-state index contributed by atoms with van der Waals surface area (Å²) >= 11 is 1.85. The Bertz CT molecular complexity index is 2460. The molecule has 1 aliphatic heterocycles. The number of thiophene rings is 1. The Balaban J connectivity index is 1.19. The van der Waals surface area contributed by atoms with Crippen LogP contribution in [0.3, 0.4) is 0 Å². The minimum absolute atomic E-state index is 0.237. The van der Waals surface area contributed by atoms with Gasteiger partial charge in [-0.3, -0.25) is 4.90 Å². The summed E-state index contributed by atoms with van der Waals surface area (Å²) in [6.07, 6.45) is 1.87. The molecule has 4 heterocycles. The molecule has 6 heteroatoms. The van der Waals surface area contributed by atoms with Gasteiger partial charge in [-0.25, -0.2) is 9.97 Å². The van der Waals surface area contributed by atoms with Crippen molar-refractivity contribution in [3.8, 4) is 22.9 Å². The number of para-hydroxylation sites is 2. The van der Waals surface area contributed by atoms with Crippen LogP contribution in [-0.4, -0.2) is 14.5 Å². The maximum absolute atomic E-state index is 6.61. The summed E-state index contributed by atoms with van der Waals surface area (Å²) in [4.78, 5) is 12.1. The van der Waals surface area contributed by atoms with Crippen molar-refractivity contribution in [3.05, 3.63) is 139 Å². The normalized spacial score (nSPS) is 13.7. The predicted octanol–water partition coefficient (Wildman–Crippen LogP) is 10.9. The number of rotatable bonds is 4. The van der Waals surface area contributed by atoms with Gasteiger partial charge in [0.2, 0.25) is 0 Å². The molecule has 222 valence electrons. The highest BCUT2D eigenvalue weighted by molar-refractivity contribution is 7.26. The van der Waals surface area contributed by atoms with Crippen LogP contribution in [0.25, 0.3) is 42.6 Å². The molecule has 0 radical (unpaired) electrons. The van der Waals surface area contributed by atoms with Crippen molar-refractivity contribution in [2.45, 2.75) is 19.3 Å². The Labute approximate surface area is 271 Å². The van der Waals surface area contributed by atoms with Crippen LogP contribution in [0.5, 0.6) is 11.5 Å². The second-order valence-electron chi connectivity index (χ2n) is 12.4. The van der Waals surface area contributed by atoms with Gasteiger partial charge in [0.25, 0.3) is 0 Å². The minimum atomic E-state index is -0.237. The van der Waals surface area contributed by atoms with Crippen LogP contribution in [0.4, 0.5) is 17.2 Å². The van der Waals surface area contributed by atoms with Gasteiger partial charge in [0, 0.05) is 45.8 Å². The summed E-state index contributed by atoms with van der Waals surface area (Å²) in [6.45, 7) is 4.64. The Kier molecular flexibility index (Phi) is 5.86. The smallest absolute Gasteiger partial charge is 0.140 e. The molecule has 0 spiro atoms. The molecule has 0 saturated heterocycles. The third-order valence-electron chi connectivity index (χ3n) is 9.29. The Morgan fingerprint density at radius 1 is 0.717 bits per heavy atom. The quantitative estimate of drug-likeness (QED) is 0.198. The van der Waals surface area contributed by atoms with E-state index in [1.54, 1.807) is 0 Å². The van der Waals surface area contributed by atoms with Crippen molar-refractivity contribution >= 4 is 59.7 Å². The van der Waals surface area contributed by atoms with E-state index in [-0.39, 0.29) is 5.41 Å². The SMILES string of the molecule is Cn1c(-c2cccc(Oc3ccc4c(c3)N(c3ccccn3)c3c(ccc5c3sc3ccccc35)C4(C)C)c2)nc2ccccc21. The monoisotopic (exact) mass is 614 g/mol. The minimum Gasteiger partial charge on any atom is -0.457 e. The average Bonchev–Trinajstić information content (AvgIpc) is 3.63. The summed E-state index contributed by atoms with van der Waals surface area (Å²) in [5, 5.41) is 2.55. The first-order valence-corrected chi connectivity index (χ1v) is 16.3. The van der Waals surface area contributed by atoms with E-state index < -0.39 is 0 Å². The van der Waals surface area contributed by atoms with Crippen molar-refractivity contribution < 1.29 is 4.74 Å². The number of nitrogens with zero attached hydrogens (tertiary/aromatic N) is 4. The van der Waals surface area contributed by atoms with E-state index in [0.29, 0.717) is 0 Å². The molecule has 1 aliphatic rings. The number of hydrogen-bond donors (Lipinski definition) is 0. The topological polar surface area (TPSA) is 43.2 Å². The van der Waals surface area contributed by atoms with Gasteiger partial charge in [0.15, 0.2) is 0 Å². The molecule has 0 aliphatic carbocycles. The van der Waals surface area contributed by atoms with Gasteiger partial charge in [-0.05, 0) is 59.7 Å². The lowest BCUT2D eigenvalue weighted by Crippen LogP contribution is -2.31. The van der Waals surface area contributed by atoms with Crippen molar-refractivity contribution in [2.24, 2.45) is 7.05 Å². The summed E-state index contributed by atoms with van der Waals surface area (Å²) in [5.74, 6) is 3.32. The number of ether oxygens (including phenoxy) is 1. The van der Waals surface area contributed by atoms with Gasteiger partial charge >= 0.3 is 0 Å². The lowest BCUT2D eigenvalue weighted by molar-refractivity contribution is 0.482. The highest BCUT2D eigenvalue weighted by atomic mass is 32.1. The van der Waals surface area contributed by atoms with Crippen molar-refractivity contribution in [1.82, 2.24) is 14.5 Å². The first-order chi connectivity index (χ1) is 22.5. The average molecular weight is 615 g/mol. The van der Waals surface area contributed by atoms with Crippen LogP contribution in [0.2, 0.25) is 0 Å². The van der Waals surface area contributed by atoms with E-state index in [1.807, 2.05) is 53.9 Å². The lowest BCUT2D eigenvalue weighted by Gasteiger charge is -2.41. The molecule has 0 atom stereocenters. The molecule has 8 aromatic rings. The van der Waals surface area contributed by atoms with E-state index in [4.69, 9.17) is 14.7 Å². The Morgan fingerprint density at radius 2 is 1.52 bits per heavy atom. The van der Waals surface area contributed by atoms with Gasteiger partial charge in [0.05, 0.1) is 27.1 Å². The van der Waals surface area contributed by atoms with Crippen LogP contribution < -0.4 is 9.64 Å². The van der Waals surface area contributed by atoms with E-state index in [9.17, 15) is 0 Å². The molecule has 5 nitrogen and oxygen atoms in total. The molecule has 46 heavy (non-hydrogen) atoms. The van der Waals surface area contributed by atoms with E-state index in [0.717, 1.165) is 45.4 Å². The summed E-state index contributed by atoms with van der Waals surface area (Å²) in [7, 11) is 2.06. The number of benzene rings is 5. The first-order valence-electron chi connectivity index (χ1n) is 15.5. The molecule has 0 bridgehead atoms. The molecule has 5 aromatic carbocycles. The summed E-state index contributed by atoms with van der Waals surface area (Å²) in [6, 6.07) is 42.3. The van der Waals surface area contributed by atoms with E-state index in [1.165, 1.54) is 37.0 Å². The number of imidazole rings is 1. The van der Waals surface area contributed by atoms with Crippen LogP contribution >= 0.6 is 11.3 Å². The third kappa shape index (κ3) is 4.00. The van der Waals surface area contributed by atoms with Crippen molar-refractivity contribution in [2.75, 3.05) is 4.90 Å². The number of aryl methyl sites for hydroxylation is 1. The largest absolute Gasteiger partial charge is 0.457 e. The molecule has 0 saturated carbocycles. The maximum atomic E-state index is 6.61. The van der Waals surface area contributed by atoms with Crippen LogP contribution in [0.15, 0.2) is 128 Å². The first kappa shape index (κ1) is 26.9. The zero-order valence-corrected chi connectivity index (χ0v) is 26.5. The number of fused-ring (bicyclic) bond motifs is 7. The zero-order valence-electron chi connectivity index (χ0n) is 25.7. The summed E-state index contributed by atoms with van der Waals surface area (Å²) in [5.41, 5.74) is 7.63. The predicted molar refractivity (Wildman–Crippen MR) is 190 cm³/mol. The summed E-state index contributed by atoms with van der Waals surface area (Å²) < 4.78 is 11.3. The molecule has 0 fully saturated rings. The molecular weight excluding hydrogens is 585 g/mol. The second-order valence-corrected chi connectivity index (χ2v) is 13.4. The van der Waals surface area contributed by atoms with Crippen LogP contribution in [0.1, 0.15) is 25.0 Å². The number of pyridine rings is 1. The number of anilines is 3. The molecule has 0 N–H and O–H groups in total. The van der Waals surface area contributed by atoms with Gasteiger partial charge in [-0.15, -0.1) is 11.3 Å². The molecule has 9 rings (SSSR count). The molecule has 0 amide bonds. The van der Waals surface area contributed by atoms with Crippen molar-refractivity contribution in [1.29, 1.82) is 0 Å². The fraction of sp³-hybridized carbons (Fsp3) is 0.100. The number of aromatic nitrogens is 3. The fourth-order valence-corrected chi connectivity index (χ4v) is 8.26. The van der Waals surface area contributed by atoms with E-state index >= 15 is 0 Å². The van der Waals surface area contributed by atoms with Crippen molar-refractivity contribution in [3.63, 3.8) is 0 Å². The Hall–Kier alpha value is -5.46. The standard InChI is InChI=1S/C40H30N4OS/c1-40(2)30-20-18-27(45-26-12-10-11-25(23-26)39-42-32-14-5-6-15-33(32)43(39)3)24-34(30)44(36-17-8-9-22-41-36)37-31(40)21-19-29-28-13-4-7-16-35(28)46-38(29)37/h4-24H,1-3H3. The third-order valence-corrected chi connectivity index (χ3v) is 10.5. The molecular formula is C40H30N4OS. The van der Waals surface area contributed by atoms with Gasteiger partial charge < -0.3 is 9.30 Å². The van der Waals surface area contributed by atoms with Gasteiger partial charge in [0.1, 0.15) is 23.1 Å². The van der Waals surface area contributed by atoms with E-state index in [2.05, 4.69) is 115 Å². The van der Waals surface area contributed by atoms with Crippen LogP contribution in [0, 0.1) is 0 Å². The molecule has 3 aromatic heterocycles. The lowest BCUT2D eigenvalue weighted by atomic mass is 9.73. The molecule has 0 unspecified atom stereocenters. The zero-order chi connectivity index (χ0) is 31.0. The van der Waals surface area contributed by atoms with Gasteiger partial charge in [-0.1, -0.05) is 80.6 Å². The fourth-order valence-electron chi connectivity index (χ4n) is 7.02. The highest BCUT2D eigenvalue weighted by Crippen LogP contribution is 2.56. The number of hydrogen-bond acceptors (Lipinski definition) is 5. The van der Waals surface area contributed by atoms with Crippen LogP contribution in [-0.2, 0) is 12.5 Å². The highest BCUT2D eigenvalue weighted by Gasteiger charge is 2.39.